The number of nitrogens with zero attached hydrogens (tertiary/aromatic N) is 2. The molecule has 0 heterocycles. The van der Waals surface area contributed by atoms with Crippen LogP contribution >= 0.6 is 15.9 Å². The van der Waals surface area contributed by atoms with Crippen LogP contribution in [0.1, 0.15) is 12.5 Å². The van der Waals surface area contributed by atoms with Gasteiger partial charge in [-0.05, 0) is 17.7 Å². The predicted molar refractivity (Wildman–Crippen MR) is 70.9 cm³/mol. The zero-order valence-electron chi connectivity index (χ0n) is 9.17. The van der Waals surface area contributed by atoms with E-state index in [0.717, 1.165) is 17.0 Å². The van der Waals surface area contributed by atoms with Crippen LogP contribution in [-0.2, 0) is 4.79 Å². The molecule has 0 bridgehead atoms. The molecule has 6 nitrogen and oxygen atoms in total. The van der Waals surface area contributed by atoms with Crippen molar-refractivity contribution in [1.29, 1.82) is 0 Å². The van der Waals surface area contributed by atoms with Crippen LogP contribution in [0.25, 0.3) is 0 Å². The van der Waals surface area contributed by atoms with E-state index in [-0.39, 0.29) is 5.96 Å². The molecule has 0 aromatic heterocycles. The van der Waals surface area contributed by atoms with Gasteiger partial charge in [-0.1, -0.05) is 28.1 Å². The van der Waals surface area contributed by atoms with E-state index in [0.29, 0.717) is 0 Å². The molecule has 1 rings (SSSR count). The van der Waals surface area contributed by atoms with Gasteiger partial charge in [0.1, 0.15) is 0 Å². The van der Waals surface area contributed by atoms with Gasteiger partial charge in [0, 0.05) is 11.4 Å². The fourth-order valence-corrected chi connectivity index (χ4v) is 0.975. The Balaban J connectivity index is 0.000000557. The van der Waals surface area contributed by atoms with Crippen LogP contribution in [0.15, 0.2) is 38.9 Å². The Hall–Kier alpha value is -1.89. The number of nitrogens with two attached hydrogens (primary N) is 2. The molecule has 1 aromatic carbocycles. The number of halogens is 1. The van der Waals surface area contributed by atoms with Gasteiger partial charge in [0.15, 0.2) is 0 Å². The first-order valence-electron chi connectivity index (χ1n) is 4.49. The lowest BCUT2D eigenvalue weighted by Crippen LogP contribution is -2.21. The van der Waals surface area contributed by atoms with E-state index in [1.165, 1.54) is 0 Å². The summed E-state index contributed by atoms with van der Waals surface area (Å²) in [7, 11) is 0. The van der Waals surface area contributed by atoms with Crippen molar-refractivity contribution in [1.82, 2.24) is 0 Å². The van der Waals surface area contributed by atoms with Gasteiger partial charge in [-0.2, -0.15) is 5.10 Å². The van der Waals surface area contributed by atoms with E-state index >= 15 is 0 Å². The molecule has 0 unspecified atom stereocenters. The van der Waals surface area contributed by atoms with Gasteiger partial charge in [-0.15, -0.1) is 5.10 Å². The summed E-state index contributed by atoms with van der Waals surface area (Å²) in [5.41, 5.74) is 11.1. The van der Waals surface area contributed by atoms with Crippen molar-refractivity contribution in [2.45, 2.75) is 6.92 Å². The van der Waals surface area contributed by atoms with Gasteiger partial charge in [0.05, 0.1) is 6.21 Å². The van der Waals surface area contributed by atoms with E-state index in [9.17, 15) is 0 Å². The maximum atomic E-state index is 9.00. The standard InChI is InChI=1S/C8H9BrN4.C2H4O2/c9-7-3-1-6(2-4-7)5-12-13-8(10)11;1-2(3)4/h1-5H,(H4,10,11,13);1H3,(H,3,4)/b12-5+;. The Kier molecular flexibility index (Phi) is 7.36. The lowest BCUT2D eigenvalue weighted by molar-refractivity contribution is -0.134. The number of guanidine groups is 1. The minimum Gasteiger partial charge on any atom is -0.481 e. The average molecular weight is 301 g/mol. The topological polar surface area (TPSA) is 114 Å². The van der Waals surface area contributed by atoms with Gasteiger partial charge in [-0.3, -0.25) is 4.79 Å². The quantitative estimate of drug-likeness (QED) is 0.432. The number of carbonyl (C=O) groups is 1. The van der Waals surface area contributed by atoms with Crippen LogP contribution < -0.4 is 11.5 Å². The minimum atomic E-state index is -0.833. The van der Waals surface area contributed by atoms with Crippen LogP contribution in [0.3, 0.4) is 0 Å². The van der Waals surface area contributed by atoms with Crippen molar-refractivity contribution in [3.05, 3.63) is 34.3 Å². The molecule has 7 heteroatoms. The van der Waals surface area contributed by atoms with Gasteiger partial charge in [0.25, 0.3) is 5.97 Å². The highest BCUT2D eigenvalue weighted by atomic mass is 79.9. The molecular weight excluding hydrogens is 288 g/mol. The molecular formula is C10H13BrN4O2. The summed E-state index contributed by atoms with van der Waals surface area (Å²) >= 11 is 3.32. The molecule has 0 fully saturated rings. The van der Waals surface area contributed by atoms with Gasteiger partial charge in [-0.25, -0.2) is 0 Å². The summed E-state index contributed by atoms with van der Waals surface area (Å²) in [5.74, 6) is -0.881. The van der Waals surface area contributed by atoms with Crippen molar-refractivity contribution in [3.8, 4) is 0 Å². The van der Waals surface area contributed by atoms with Crippen molar-refractivity contribution in [2.75, 3.05) is 0 Å². The molecule has 0 saturated heterocycles. The second kappa shape index (κ2) is 8.28. The van der Waals surface area contributed by atoms with E-state index < -0.39 is 5.97 Å². The van der Waals surface area contributed by atoms with E-state index in [1.807, 2.05) is 24.3 Å². The van der Waals surface area contributed by atoms with Gasteiger partial charge in [0.2, 0.25) is 5.96 Å². The molecule has 0 amide bonds. The highest BCUT2D eigenvalue weighted by molar-refractivity contribution is 9.10. The summed E-state index contributed by atoms with van der Waals surface area (Å²) in [6.45, 7) is 1.08. The van der Waals surface area contributed by atoms with Crippen molar-refractivity contribution in [3.63, 3.8) is 0 Å². The second-order valence-electron chi connectivity index (χ2n) is 2.84. The SMILES string of the molecule is CC(=O)O.NC(N)=N/N=C/c1ccc(Br)cc1. The number of hydrogen-bond acceptors (Lipinski definition) is 3. The third-order valence-electron chi connectivity index (χ3n) is 1.25. The fourth-order valence-electron chi connectivity index (χ4n) is 0.711. The van der Waals surface area contributed by atoms with Crippen molar-refractivity contribution in [2.24, 2.45) is 21.7 Å². The van der Waals surface area contributed by atoms with Crippen molar-refractivity contribution >= 4 is 34.1 Å². The zero-order valence-corrected chi connectivity index (χ0v) is 10.8. The molecule has 0 spiro atoms. The zero-order chi connectivity index (χ0) is 13.3. The molecule has 0 aliphatic rings. The fraction of sp³-hybridized carbons (Fsp3) is 0.100. The number of rotatable bonds is 2. The van der Waals surface area contributed by atoms with E-state index in [4.69, 9.17) is 21.4 Å². The van der Waals surface area contributed by atoms with Crippen LogP contribution in [0.4, 0.5) is 0 Å². The summed E-state index contributed by atoms with van der Waals surface area (Å²) in [6, 6.07) is 7.62. The summed E-state index contributed by atoms with van der Waals surface area (Å²) in [6.07, 6.45) is 1.58. The minimum absolute atomic E-state index is 0.0478. The molecule has 0 aliphatic carbocycles. The maximum Gasteiger partial charge on any atom is 0.300 e. The van der Waals surface area contributed by atoms with Crippen LogP contribution in [0.5, 0.6) is 0 Å². The number of carboxylic acid groups (broad SMARTS) is 1. The summed E-state index contributed by atoms with van der Waals surface area (Å²) in [4.78, 5) is 9.00. The lowest BCUT2D eigenvalue weighted by atomic mass is 10.2. The van der Waals surface area contributed by atoms with E-state index in [1.54, 1.807) is 6.21 Å². The third-order valence-corrected chi connectivity index (χ3v) is 1.78. The normalized spacial score (nSPS) is 9.29. The smallest absolute Gasteiger partial charge is 0.300 e. The van der Waals surface area contributed by atoms with Gasteiger partial charge >= 0.3 is 0 Å². The molecule has 92 valence electrons. The monoisotopic (exact) mass is 300 g/mol. The molecule has 0 radical (unpaired) electrons. The number of hydrogen-bond donors (Lipinski definition) is 3. The molecule has 0 saturated carbocycles. The maximum absolute atomic E-state index is 9.00. The second-order valence-corrected chi connectivity index (χ2v) is 3.76. The Labute approximate surface area is 107 Å². The molecule has 0 aliphatic heterocycles. The predicted octanol–water partition coefficient (Wildman–Crippen LogP) is 1.15. The number of carboxylic acids is 1. The molecule has 5 N–H and O–H groups in total. The number of aliphatic carboxylic acids is 1. The lowest BCUT2D eigenvalue weighted by Gasteiger charge is -1.91. The largest absolute Gasteiger partial charge is 0.481 e. The Morgan fingerprint density at radius 1 is 1.35 bits per heavy atom. The first-order chi connectivity index (χ1) is 7.91. The van der Waals surface area contributed by atoms with Crippen LogP contribution in [-0.4, -0.2) is 23.2 Å². The summed E-state index contributed by atoms with van der Waals surface area (Å²) < 4.78 is 1.02. The average Bonchev–Trinajstić information content (AvgIpc) is 2.19. The Bertz CT molecular complexity index is 407. The first kappa shape index (κ1) is 15.1. The first-order valence-corrected chi connectivity index (χ1v) is 5.28. The van der Waals surface area contributed by atoms with E-state index in [2.05, 4.69) is 26.1 Å². The van der Waals surface area contributed by atoms with Crippen LogP contribution in [0.2, 0.25) is 0 Å². The highest BCUT2D eigenvalue weighted by Crippen LogP contribution is 2.08. The Morgan fingerprint density at radius 2 is 1.82 bits per heavy atom. The Morgan fingerprint density at radius 3 is 2.24 bits per heavy atom. The van der Waals surface area contributed by atoms with Crippen molar-refractivity contribution < 1.29 is 9.90 Å². The molecule has 17 heavy (non-hydrogen) atoms. The molecule has 0 atom stereocenters. The van der Waals surface area contributed by atoms with Gasteiger partial charge < -0.3 is 16.6 Å². The highest BCUT2D eigenvalue weighted by Gasteiger charge is 1.86. The third kappa shape index (κ3) is 10.4. The number of benzene rings is 1. The van der Waals surface area contributed by atoms with Crippen LogP contribution in [0, 0.1) is 0 Å². The molecule has 1 aromatic rings. The summed E-state index contributed by atoms with van der Waals surface area (Å²) in [5, 5.41) is 14.6.